The van der Waals surface area contributed by atoms with E-state index in [0.717, 1.165) is 50.5 Å². The number of carbonyl (C=O) groups excluding carboxylic acids is 1. The molecule has 0 atom stereocenters. The Morgan fingerprint density at radius 3 is 2.22 bits per heavy atom. The van der Waals surface area contributed by atoms with Crippen molar-refractivity contribution in [3.8, 4) is 5.75 Å². The predicted molar refractivity (Wildman–Crippen MR) is 127 cm³/mol. The van der Waals surface area contributed by atoms with Crippen molar-refractivity contribution in [2.24, 2.45) is 0 Å². The maximum absolute atomic E-state index is 14.4. The number of nitrogens with zero attached hydrogens (tertiary/aromatic N) is 2. The number of carbonyl (C=O) groups is 1. The zero-order valence-electron chi connectivity index (χ0n) is 19.9. The zero-order valence-corrected chi connectivity index (χ0v) is 20.7. The molecule has 196 valence electrons. The summed E-state index contributed by atoms with van der Waals surface area (Å²) in [5.74, 6) is -1.05. The molecule has 0 bridgehead atoms. The monoisotopic (exact) mass is 528 g/mol. The second-order valence-electron chi connectivity index (χ2n) is 9.25. The molecule has 0 radical (unpaired) electrons. The van der Waals surface area contributed by atoms with E-state index in [1.165, 1.54) is 23.1 Å². The van der Waals surface area contributed by atoms with Crippen molar-refractivity contribution in [1.82, 2.24) is 4.90 Å². The molecule has 1 aliphatic heterocycles. The van der Waals surface area contributed by atoms with Gasteiger partial charge in [-0.15, -0.1) is 0 Å². The Kier molecular flexibility index (Phi) is 7.49. The van der Waals surface area contributed by atoms with Crippen LogP contribution >= 0.6 is 0 Å². The molecule has 0 N–H and O–H groups in total. The van der Waals surface area contributed by atoms with E-state index in [9.17, 15) is 30.8 Å². The molecule has 2 fully saturated rings. The lowest BCUT2D eigenvalue weighted by atomic mass is 9.97. The van der Waals surface area contributed by atoms with Gasteiger partial charge in [0.15, 0.2) is 9.84 Å². The van der Waals surface area contributed by atoms with Gasteiger partial charge in [0.25, 0.3) is 5.91 Å². The van der Waals surface area contributed by atoms with Gasteiger partial charge in [0, 0.05) is 32.4 Å². The maximum atomic E-state index is 14.4. The molecule has 0 unspecified atom stereocenters. The van der Waals surface area contributed by atoms with Crippen LogP contribution in [0.1, 0.15) is 48.0 Å². The number of ether oxygens (including phenoxy) is 1. The molecule has 1 saturated carbocycles. The lowest BCUT2D eigenvalue weighted by molar-refractivity contribution is -0.137. The van der Waals surface area contributed by atoms with Crippen LogP contribution in [0.3, 0.4) is 0 Å². The van der Waals surface area contributed by atoms with E-state index < -0.39 is 33.3 Å². The number of alkyl halides is 3. The van der Waals surface area contributed by atoms with Crippen LogP contribution in [-0.4, -0.2) is 57.8 Å². The second-order valence-corrected chi connectivity index (χ2v) is 11.3. The van der Waals surface area contributed by atoms with E-state index >= 15 is 0 Å². The standard InChI is InChI=1S/C25H28F4N2O4S/c1-36(33,34)19-8-10-23(35-18-5-3-2-4-6-18)20(16-19)24(32)31-13-11-30(12-14-31)22-9-7-17(15-21(22)26)25(27,28)29/h7-10,15-16,18H,2-6,11-14H2,1H3. The van der Waals surface area contributed by atoms with Crippen LogP contribution in [-0.2, 0) is 16.0 Å². The molecule has 1 saturated heterocycles. The first-order chi connectivity index (χ1) is 16.9. The highest BCUT2D eigenvalue weighted by Gasteiger charge is 2.32. The fourth-order valence-electron chi connectivity index (χ4n) is 4.63. The Balaban J connectivity index is 1.51. The van der Waals surface area contributed by atoms with Crippen LogP contribution < -0.4 is 9.64 Å². The fraction of sp³-hybridized carbons (Fsp3) is 0.480. The van der Waals surface area contributed by atoms with E-state index in [-0.39, 0.29) is 48.4 Å². The van der Waals surface area contributed by atoms with E-state index in [1.54, 1.807) is 4.90 Å². The average Bonchev–Trinajstić information content (AvgIpc) is 2.83. The zero-order chi connectivity index (χ0) is 26.1. The molecular formula is C25H28F4N2O4S. The molecule has 2 aliphatic rings. The first-order valence-electron chi connectivity index (χ1n) is 11.9. The quantitative estimate of drug-likeness (QED) is 0.516. The molecule has 11 heteroatoms. The van der Waals surface area contributed by atoms with Gasteiger partial charge in [0.05, 0.1) is 27.8 Å². The molecule has 0 spiro atoms. The molecule has 1 aliphatic carbocycles. The van der Waals surface area contributed by atoms with E-state index in [4.69, 9.17) is 4.74 Å². The van der Waals surface area contributed by atoms with Gasteiger partial charge < -0.3 is 14.5 Å². The van der Waals surface area contributed by atoms with Crippen molar-refractivity contribution in [3.05, 3.63) is 53.3 Å². The summed E-state index contributed by atoms with van der Waals surface area (Å²) in [6.45, 7) is 0.785. The Hall–Kier alpha value is -2.82. The van der Waals surface area contributed by atoms with E-state index in [2.05, 4.69) is 0 Å². The fourth-order valence-corrected chi connectivity index (χ4v) is 5.28. The lowest BCUT2D eigenvalue weighted by Crippen LogP contribution is -2.49. The van der Waals surface area contributed by atoms with Crippen molar-refractivity contribution >= 4 is 21.4 Å². The molecule has 6 nitrogen and oxygen atoms in total. The summed E-state index contributed by atoms with van der Waals surface area (Å²) in [4.78, 5) is 16.6. The molecular weight excluding hydrogens is 500 g/mol. The van der Waals surface area contributed by atoms with Crippen molar-refractivity contribution in [1.29, 1.82) is 0 Å². The largest absolute Gasteiger partial charge is 0.490 e. The van der Waals surface area contributed by atoms with Crippen LogP contribution in [0.15, 0.2) is 41.3 Å². The molecule has 36 heavy (non-hydrogen) atoms. The van der Waals surface area contributed by atoms with Gasteiger partial charge in [-0.3, -0.25) is 4.79 Å². The van der Waals surface area contributed by atoms with Gasteiger partial charge in [-0.05, 0) is 62.1 Å². The highest BCUT2D eigenvalue weighted by atomic mass is 32.2. The number of rotatable bonds is 5. The lowest BCUT2D eigenvalue weighted by Gasteiger charge is -2.36. The number of hydrogen-bond acceptors (Lipinski definition) is 5. The normalized spacial score (nSPS) is 17.8. The molecule has 4 rings (SSSR count). The summed E-state index contributed by atoms with van der Waals surface area (Å²) in [6, 6.07) is 6.68. The third kappa shape index (κ3) is 5.93. The number of benzene rings is 2. The number of amides is 1. The van der Waals surface area contributed by atoms with Gasteiger partial charge >= 0.3 is 6.18 Å². The van der Waals surface area contributed by atoms with Gasteiger partial charge in [0.2, 0.25) is 0 Å². The van der Waals surface area contributed by atoms with Gasteiger partial charge in [0.1, 0.15) is 11.6 Å². The molecule has 2 aromatic rings. The summed E-state index contributed by atoms with van der Waals surface area (Å²) < 4.78 is 83.3. The maximum Gasteiger partial charge on any atom is 0.416 e. The Labute approximate surface area is 207 Å². The number of halogens is 4. The predicted octanol–water partition coefficient (Wildman–Crippen LogP) is 4.92. The minimum atomic E-state index is -4.64. The minimum absolute atomic E-state index is 0.00676. The Morgan fingerprint density at radius 1 is 0.972 bits per heavy atom. The molecule has 2 aromatic carbocycles. The summed E-state index contributed by atoms with van der Waals surface area (Å²) in [7, 11) is -3.56. The number of piperazine rings is 1. The molecule has 0 aromatic heterocycles. The number of sulfone groups is 1. The Bertz CT molecular complexity index is 1220. The third-order valence-corrected chi connectivity index (χ3v) is 7.75. The third-order valence-electron chi connectivity index (χ3n) is 6.64. The van der Waals surface area contributed by atoms with Crippen LogP contribution in [0.4, 0.5) is 23.2 Å². The van der Waals surface area contributed by atoms with Gasteiger partial charge in [-0.2, -0.15) is 13.2 Å². The minimum Gasteiger partial charge on any atom is -0.490 e. The summed E-state index contributed by atoms with van der Waals surface area (Å²) >= 11 is 0. The highest BCUT2D eigenvalue weighted by Crippen LogP contribution is 2.33. The van der Waals surface area contributed by atoms with Crippen molar-refractivity contribution in [2.75, 3.05) is 37.3 Å². The summed E-state index contributed by atoms with van der Waals surface area (Å²) in [6.07, 6.45) is 1.28. The van der Waals surface area contributed by atoms with Crippen molar-refractivity contribution < 1.29 is 35.5 Å². The molecule has 1 heterocycles. The summed E-state index contributed by atoms with van der Waals surface area (Å²) in [5.41, 5.74) is -0.873. The highest BCUT2D eigenvalue weighted by molar-refractivity contribution is 7.90. The first kappa shape index (κ1) is 26.2. The van der Waals surface area contributed by atoms with Crippen LogP contribution in [0.2, 0.25) is 0 Å². The average molecular weight is 529 g/mol. The molecule has 1 amide bonds. The SMILES string of the molecule is CS(=O)(=O)c1ccc(OC2CCCCC2)c(C(=O)N2CCN(c3ccc(C(F)(F)F)cc3F)CC2)c1. The van der Waals surface area contributed by atoms with E-state index in [1.807, 2.05) is 0 Å². The Morgan fingerprint density at radius 2 is 1.64 bits per heavy atom. The van der Waals surface area contributed by atoms with Crippen LogP contribution in [0.25, 0.3) is 0 Å². The van der Waals surface area contributed by atoms with Crippen LogP contribution in [0, 0.1) is 5.82 Å². The van der Waals surface area contributed by atoms with Gasteiger partial charge in [-0.25, -0.2) is 12.8 Å². The topological polar surface area (TPSA) is 66.9 Å². The first-order valence-corrected chi connectivity index (χ1v) is 13.7. The number of hydrogen-bond donors (Lipinski definition) is 0. The van der Waals surface area contributed by atoms with Crippen LogP contribution in [0.5, 0.6) is 5.75 Å². The van der Waals surface area contributed by atoms with Gasteiger partial charge in [-0.1, -0.05) is 6.42 Å². The second kappa shape index (κ2) is 10.3. The number of anilines is 1. The van der Waals surface area contributed by atoms with E-state index in [0.29, 0.717) is 11.8 Å². The van der Waals surface area contributed by atoms with Crippen molar-refractivity contribution in [2.45, 2.75) is 49.3 Å². The van der Waals surface area contributed by atoms with Crippen molar-refractivity contribution in [3.63, 3.8) is 0 Å². The smallest absolute Gasteiger partial charge is 0.416 e. The summed E-state index contributed by atoms with van der Waals surface area (Å²) in [5, 5.41) is 0.